The van der Waals surface area contributed by atoms with E-state index >= 15 is 0 Å². The van der Waals surface area contributed by atoms with Crippen molar-refractivity contribution in [2.24, 2.45) is 0 Å². The maximum atomic E-state index is 8.49. The minimum atomic E-state index is -0.393. The Labute approximate surface area is 77.9 Å². The number of nitriles is 1. The van der Waals surface area contributed by atoms with Crippen LogP contribution in [0.25, 0.3) is 0 Å². The van der Waals surface area contributed by atoms with E-state index in [0.717, 1.165) is 19.7 Å². The zero-order chi connectivity index (χ0) is 8.97. The van der Waals surface area contributed by atoms with Gasteiger partial charge in [-0.2, -0.15) is 5.26 Å². The maximum Gasteiger partial charge on any atom is 0.133 e. The summed E-state index contributed by atoms with van der Waals surface area (Å²) in [6, 6.07) is 2.01. The average molecular weight is 189 g/mol. The number of hydrogen-bond acceptors (Lipinski definition) is 3. The van der Waals surface area contributed by atoms with Crippen molar-refractivity contribution in [3.63, 3.8) is 0 Å². The summed E-state index contributed by atoms with van der Waals surface area (Å²) >= 11 is 5.70. The molecule has 68 valence electrons. The van der Waals surface area contributed by atoms with Gasteiger partial charge < -0.3 is 4.74 Å². The minimum absolute atomic E-state index is 0.265. The van der Waals surface area contributed by atoms with Crippen LogP contribution in [0.3, 0.4) is 0 Å². The lowest BCUT2D eigenvalue weighted by molar-refractivity contribution is -0.0171. The first-order valence-electron chi connectivity index (χ1n) is 4.10. The van der Waals surface area contributed by atoms with E-state index in [1.165, 1.54) is 0 Å². The number of morpholine rings is 1. The fraction of sp³-hybridized carbons (Fsp3) is 0.875. The molecule has 1 heterocycles. The third-order valence-electron chi connectivity index (χ3n) is 1.88. The van der Waals surface area contributed by atoms with Gasteiger partial charge in [-0.25, -0.2) is 0 Å². The van der Waals surface area contributed by atoms with Crippen molar-refractivity contribution in [3.8, 4) is 6.07 Å². The van der Waals surface area contributed by atoms with E-state index < -0.39 is 5.38 Å². The third kappa shape index (κ3) is 2.98. The first-order valence-corrected chi connectivity index (χ1v) is 4.53. The first-order chi connectivity index (χ1) is 5.72. The molecule has 1 saturated heterocycles. The molecule has 0 aromatic carbocycles. The summed E-state index contributed by atoms with van der Waals surface area (Å²) in [4.78, 5) is 2.16. The largest absolute Gasteiger partial charge is 0.376 e. The van der Waals surface area contributed by atoms with Gasteiger partial charge in [0.15, 0.2) is 0 Å². The summed E-state index contributed by atoms with van der Waals surface area (Å²) in [5, 5.41) is 8.10. The van der Waals surface area contributed by atoms with Crippen molar-refractivity contribution in [3.05, 3.63) is 0 Å². The first kappa shape index (κ1) is 9.79. The van der Waals surface area contributed by atoms with Gasteiger partial charge in [0.2, 0.25) is 0 Å². The number of alkyl halides is 1. The van der Waals surface area contributed by atoms with Crippen molar-refractivity contribution in [1.29, 1.82) is 5.26 Å². The highest BCUT2D eigenvalue weighted by molar-refractivity contribution is 6.22. The molecular formula is C8H13ClN2O. The summed E-state index contributed by atoms with van der Waals surface area (Å²) in [5.41, 5.74) is 0. The van der Waals surface area contributed by atoms with Crippen molar-refractivity contribution in [1.82, 2.24) is 4.90 Å². The van der Waals surface area contributed by atoms with Crippen LogP contribution in [0.15, 0.2) is 0 Å². The van der Waals surface area contributed by atoms with Crippen LogP contribution in [-0.2, 0) is 4.74 Å². The Hall–Kier alpha value is -0.300. The second-order valence-electron chi connectivity index (χ2n) is 3.04. The summed E-state index contributed by atoms with van der Waals surface area (Å²) in [6.07, 6.45) is 0.265. The monoisotopic (exact) mass is 188 g/mol. The van der Waals surface area contributed by atoms with Gasteiger partial charge in [0, 0.05) is 19.6 Å². The topological polar surface area (TPSA) is 36.3 Å². The molecule has 0 radical (unpaired) electrons. The minimum Gasteiger partial charge on any atom is -0.376 e. The van der Waals surface area contributed by atoms with Crippen LogP contribution < -0.4 is 0 Å². The van der Waals surface area contributed by atoms with E-state index in [1.807, 2.05) is 13.0 Å². The molecule has 4 heteroatoms. The van der Waals surface area contributed by atoms with Crippen LogP contribution in [0, 0.1) is 11.3 Å². The second kappa shape index (κ2) is 4.66. The molecule has 0 aromatic rings. The van der Waals surface area contributed by atoms with Gasteiger partial charge in [-0.1, -0.05) is 0 Å². The van der Waals surface area contributed by atoms with Gasteiger partial charge in [0.25, 0.3) is 0 Å². The van der Waals surface area contributed by atoms with Crippen LogP contribution in [-0.4, -0.2) is 42.6 Å². The number of nitrogens with zero attached hydrogens (tertiary/aromatic N) is 2. The molecular weight excluding hydrogens is 176 g/mol. The number of hydrogen-bond donors (Lipinski definition) is 0. The summed E-state index contributed by atoms with van der Waals surface area (Å²) in [7, 11) is 0. The normalized spacial score (nSPS) is 27.9. The summed E-state index contributed by atoms with van der Waals surface area (Å²) in [5.74, 6) is 0. The zero-order valence-corrected chi connectivity index (χ0v) is 7.92. The van der Waals surface area contributed by atoms with E-state index in [9.17, 15) is 0 Å². The standard InChI is InChI=1S/C8H13ClN2O/c1-7-5-11(2-3-12-7)6-8(9)4-10/h7-8H,2-3,5-6H2,1H3. The molecule has 0 aromatic heterocycles. The molecule has 1 aliphatic rings. The van der Waals surface area contributed by atoms with Crippen LogP contribution in [0.1, 0.15) is 6.92 Å². The molecule has 12 heavy (non-hydrogen) atoms. The van der Waals surface area contributed by atoms with Gasteiger partial charge in [0.1, 0.15) is 5.38 Å². The smallest absolute Gasteiger partial charge is 0.133 e. The number of ether oxygens (including phenoxy) is 1. The van der Waals surface area contributed by atoms with Gasteiger partial charge in [0.05, 0.1) is 18.8 Å². The molecule has 0 aliphatic carbocycles. The highest BCUT2D eigenvalue weighted by Gasteiger charge is 2.18. The molecule has 1 aliphatic heterocycles. The van der Waals surface area contributed by atoms with Crippen LogP contribution in [0.5, 0.6) is 0 Å². The van der Waals surface area contributed by atoms with Crippen molar-refractivity contribution < 1.29 is 4.74 Å². The van der Waals surface area contributed by atoms with Crippen LogP contribution in [0.2, 0.25) is 0 Å². The highest BCUT2D eigenvalue weighted by Crippen LogP contribution is 2.06. The summed E-state index contributed by atoms with van der Waals surface area (Å²) in [6.45, 7) is 5.18. The van der Waals surface area contributed by atoms with Gasteiger partial charge >= 0.3 is 0 Å². The Bertz CT molecular complexity index is 180. The Morgan fingerprint density at radius 3 is 3.17 bits per heavy atom. The van der Waals surface area contributed by atoms with Gasteiger partial charge in [-0.15, -0.1) is 11.6 Å². The Morgan fingerprint density at radius 2 is 2.58 bits per heavy atom. The number of halogens is 1. The Balaban J connectivity index is 2.28. The molecule has 0 spiro atoms. The van der Waals surface area contributed by atoms with Crippen LogP contribution in [0.4, 0.5) is 0 Å². The summed E-state index contributed by atoms with van der Waals surface area (Å²) < 4.78 is 5.36. The quantitative estimate of drug-likeness (QED) is 0.603. The average Bonchev–Trinajstić information content (AvgIpc) is 2.04. The molecule has 0 N–H and O–H groups in total. The molecule has 0 amide bonds. The lowest BCUT2D eigenvalue weighted by atomic mass is 10.3. The van der Waals surface area contributed by atoms with Crippen molar-refractivity contribution in [2.75, 3.05) is 26.2 Å². The molecule has 1 fully saturated rings. The fourth-order valence-corrected chi connectivity index (χ4v) is 1.52. The molecule has 2 atom stereocenters. The Kier molecular flexibility index (Phi) is 3.80. The highest BCUT2D eigenvalue weighted by atomic mass is 35.5. The van der Waals surface area contributed by atoms with Gasteiger partial charge in [-0.05, 0) is 6.92 Å². The van der Waals surface area contributed by atoms with E-state index in [4.69, 9.17) is 21.6 Å². The lowest BCUT2D eigenvalue weighted by Crippen LogP contribution is -2.43. The second-order valence-corrected chi connectivity index (χ2v) is 3.56. The Morgan fingerprint density at radius 1 is 1.83 bits per heavy atom. The van der Waals surface area contributed by atoms with E-state index in [0.29, 0.717) is 6.54 Å². The fourth-order valence-electron chi connectivity index (χ4n) is 1.32. The van der Waals surface area contributed by atoms with E-state index in [1.54, 1.807) is 0 Å². The molecule has 2 unspecified atom stereocenters. The zero-order valence-electron chi connectivity index (χ0n) is 7.16. The van der Waals surface area contributed by atoms with Crippen molar-refractivity contribution >= 4 is 11.6 Å². The molecule has 1 rings (SSSR count). The number of rotatable bonds is 2. The lowest BCUT2D eigenvalue weighted by Gasteiger charge is -2.31. The van der Waals surface area contributed by atoms with Crippen LogP contribution >= 0.6 is 11.6 Å². The SMILES string of the molecule is CC1CN(CC(Cl)C#N)CCO1. The molecule has 0 bridgehead atoms. The van der Waals surface area contributed by atoms with E-state index in [2.05, 4.69) is 4.90 Å². The van der Waals surface area contributed by atoms with Crippen molar-refractivity contribution in [2.45, 2.75) is 18.4 Å². The maximum absolute atomic E-state index is 8.49. The third-order valence-corrected chi connectivity index (χ3v) is 2.12. The molecule has 0 saturated carbocycles. The van der Waals surface area contributed by atoms with E-state index in [-0.39, 0.29) is 6.10 Å². The molecule has 3 nitrogen and oxygen atoms in total. The van der Waals surface area contributed by atoms with Gasteiger partial charge in [-0.3, -0.25) is 4.90 Å². The predicted octanol–water partition coefficient (Wildman–Crippen LogP) is 0.838. The predicted molar refractivity (Wildman–Crippen MR) is 47.1 cm³/mol.